The minimum Gasteiger partial charge on any atom is -0.274 e. The zero-order chi connectivity index (χ0) is 17.1. The number of halogens is 1. The fraction of sp³-hybridized carbons (Fsp3) is 0.211. The van der Waals surface area contributed by atoms with Crippen LogP contribution in [-0.4, -0.2) is 27.8 Å². The van der Waals surface area contributed by atoms with Gasteiger partial charge in [-0.05, 0) is 18.1 Å². The Balaban J connectivity index is 1.83. The largest absolute Gasteiger partial charge is 0.276 e. The number of carbonyl (C=O) groups is 2. The van der Waals surface area contributed by atoms with Gasteiger partial charge in [-0.1, -0.05) is 60.7 Å². The fourth-order valence-corrected chi connectivity index (χ4v) is 2.92. The summed E-state index contributed by atoms with van der Waals surface area (Å²) in [6.45, 7) is 2.09. The van der Waals surface area contributed by atoms with Gasteiger partial charge in [0.15, 0.2) is 5.38 Å². The Bertz CT molecular complexity index is 774. The lowest BCUT2D eigenvalue weighted by molar-refractivity contribution is -0.137. The van der Waals surface area contributed by atoms with Crippen LogP contribution in [0.4, 0.5) is 0 Å². The van der Waals surface area contributed by atoms with Gasteiger partial charge in [0, 0.05) is 0 Å². The van der Waals surface area contributed by atoms with E-state index in [1.807, 2.05) is 67.6 Å². The number of benzene rings is 2. The molecule has 0 radical (unpaired) electrons. The van der Waals surface area contributed by atoms with Crippen molar-refractivity contribution in [2.45, 2.75) is 24.9 Å². The molecule has 2 aromatic rings. The summed E-state index contributed by atoms with van der Waals surface area (Å²) < 4.78 is 0. The smallest absolute Gasteiger partial charge is 0.274 e. The standard InChI is InChI=1S/C19H17ClN2O2/c1-13(15-10-6-3-7-11-15)21-17-16(20)18(23)22(19(17)24)12-14-8-4-2-5-9-14/h2-11,13,16H,12H2,1H3/t13-,16?/m1/s1. The number of hydrogen-bond donors (Lipinski definition) is 0. The lowest BCUT2D eigenvalue weighted by Gasteiger charge is -2.13. The highest BCUT2D eigenvalue weighted by molar-refractivity contribution is 6.63. The van der Waals surface area contributed by atoms with Crippen molar-refractivity contribution < 1.29 is 9.59 Å². The highest BCUT2D eigenvalue weighted by atomic mass is 35.5. The molecule has 5 heteroatoms. The van der Waals surface area contributed by atoms with Crippen LogP contribution in [0.1, 0.15) is 24.1 Å². The zero-order valence-electron chi connectivity index (χ0n) is 13.2. The van der Waals surface area contributed by atoms with Crippen molar-refractivity contribution in [1.82, 2.24) is 4.90 Å². The third-order valence-electron chi connectivity index (χ3n) is 3.99. The van der Waals surface area contributed by atoms with Crippen LogP contribution >= 0.6 is 11.6 Å². The predicted octanol–water partition coefficient (Wildman–Crippen LogP) is 3.37. The Morgan fingerprint density at radius 2 is 1.62 bits per heavy atom. The van der Waals surface area contributed by atoms with E-state index in [0.29, 0.717) is 0 Å². The number of rotatable bonds is 4. The third kappa shape index (κ3) is 3.24. The molecule has 0 aromatic heterocycles. The van der Waals surface area contributed by atoms with E-state index in [-0.39, 0.29) is 18.3 Å². The molecule has 2 atom stereocenters. The first kappa shape index (κ1) is 16.4. The molecule has 0 saturated carbocycles. The molecule has 0 aliphatic carbocycles. The van der Waals surface area contributed by atoms with Gasteiger partial charge in [0.05, 0.1) is 12.6 Å². The average molecular weight is 341 g/mol. The molecule has 0 bridgehead atoms. The van der Waals surface area contributed by atoms with Gasteiger partial charge in [-0.2, -0.15) is 0 Å². The first-order valence-corrected chi connectivity index (χ1v) is 8.18. The van der Waals surface area contributed by atoms with Crippen LogP contribution in [0.5, 0.6) is 0 Å². The molecule has 3 rings (SSSR count). The maximum atomic E-state index is 12.6. The van der Waals surface area contributed by atoms with Gasteiger partial charge >= 0.3 is 0 Å². The van der Waals surface area contributed by atoms with Crippen LogP contribution in [0.15, 0.2) is 65.7 Å². The van der Waals surface area contributed by atoms with Gasteiger partial charge in [0.25, 0.3) is 11.8 Å². The topological polar surface area (TPSA) is 49.7 Å². The van der Waals surface area contributed by atoms with E-state index in [0.717, 1.165) is 11.1 Å². The Labute approximate surface area is 145 Å². The van der Waals surface area contributed by atoms with Gasteiger partial charge in [-0.25, -0.2) is 0 Å². The Kier molecular flexibility index (Phi) is 4.76. The van der Waals surface area contributed by atoms with Crippen molar-refractivity contribution in [2.24, 2.45) is 4.99 Å². The number of likely N-dealkylation sites (tertiary alicyclic amines) is 1. The van der Waals surface area contributed by atoms with E-state index in [4.69, 9.17) is 11.6 Å². The van der Waals surface area contributed by atoms with Crippen molar-refractivity contribution >= 4 is 29.1 Å². The Morgan fingerprint density at radius 3 is 2.25 bits per heavy atom. The number of imide groups is 1. The van der Waals surface area contributed by atoms with Crippen LogP contribution in [-0.2, 0) is 16.1 Å². The molecule has 0 spiro atoms. The second kappa shape index (κ2) is 6.97. The normalized spacial score (nSPS) is 20.7. The summed E-state index contributed by atoms with van der Waals surface area (Å²) in [6, 6.07) is 18.7. The lowest BCUT2D eigenvalue weighted by atomic mass is 10.1. The highest BCUT2D eigenvalue weighted by Crippen LogP contribution is 2.23. The molecular formula is C19H17ClN2O2. The molecule has 1 aliphatic rings. The number of nitrogens with zero attached hydrogens (tertiary/aromatic N) is 2. The molecule has 1 saturated heterocycles. The van der Waals surface area contributed by atoms with Crippen LogP contribution in [0.2, 0.25) is 0 Å². The van der Waals surface area contributed by atoms with E-state index < -0.39 is 17.2 Å². The van der Waals surface area contributed by atoms with Crippen LogP contribution < -0.4 is 0 Å². The van der Waals surface area contributed by atoms with Crippen LogP contribution in [0.25, 0.3) is 0 Å². The number of aliphatic imine (C=N–C) groups is 1. The van der Waals surface area contributed by atoms with E-state index in [9.17, 15) is 9.59 Å². The molecule has 24 heavy (non-hydrogen) atoms. The lowest BCUT2D eigenvalue weighted by Crippen LogP contribution is -2.30. The number of alkyl halides is 1. The monoisotopic (exact) mass is 340 g/mol. The van der Waals surface area contributed by atoms with E-state index in [1.165, 1.54) is 4.90 Å². The molecule has 1 aliphatic heterocycles. The summed E-state index contributed by atoms with van der Waals surface area (Å²) in [7, 11) is 0. The molecular weight excluding hydrogens is 324 g/mol. The molecule has 1 unspecified atom stereocenters. The first-order chi connectivity index (χ1) is 11.6. The summed E-state index contributed by atoms with van der Waals surface area (Å²) in [4.78, 5) is 30.5. The zero-order valence-corrected chi connectivity index (χ0v) is 14.0. The maximum Gasteiger partial charge on any atom is 0.276 e. The maximum absolute atomic E-state index is 12.6. The summed E-state index contributed by atoms with van der Waals surface area (Å²) >= 11 is 6.17. The minimum atomic E-state index is -1.02. The van der Waals surface area contributed by atoms with Crippen molar-refractivity contribution in [2.75, 3.05) is 0 Å². The quantitative estimate of drug-likeness (QED) is 0.633. The van der Waals surface area contributed by atoms with E-state index in [2.05, 4.69) is 4.99 Å². The minimum absolute atomic E-state index is 0.119. The van der Waals surface area contributed by atoms with Gasteiger partial charge in [0.1, 0.15) is 5.71 Å². The SMILES string of the molecule is C[C@@H](N=C1C(=O)N(Cc2ccccc2)C(=O)C1Cl)c1ccccc1. The summed E-state index contributed by atoms with van der Waals surface area (Å²) in [5.74, 6) is -0.823. The molecule has 2 amide bonds. The molecule has 122 valence electrons. The van der Waals surface area contributed by atoms with Gasteiger partial charge in [-0.15, -0.1) is 11.6 Å². The highest BCUT2D eigenvalue weighted by Gasteiger charge is 2.43. The van der Waals surface area contributed by atoms with Crippen molar-refractivity contribution in [3.05, 3.63) is 71.8 Å². The summed E-state index contributed by atoms with van der Waals surface area (Å²) in [5.41, 5.74) is 1.96. The van der Waals surface area contributed by atoms with Gasteiger partial charge in [0.2, 0.25) is 0 Å². The second-order valence-corrected chi connectivity index (χ2v) is 6.12. The van der Waals surface area contributed by atoms with Gasteiger partial charge < -0.3 is 0 Å². The molecule has 0 N–H and O–H groups in total. The fourth-order valence-electron chi connectivity index (χ4n) is 2.65. The van der Waals surface area contributed by atoms with E-state index in [1.54, 1.807) is 0 Å². The van der Waals surface area contributed by atoms with Crippen LogP contribution in [0, 0.1) is 0 Å². The molecule has 1 heterocycles. The molecule has 1 fully saturated rings. The summed E-state index contributed by atoms with van der Waals surface area (Å²) in [5, 5.41) is -1.02. The van der Waals surface area contributed by atoms with Crippen LogP contribution in [0.3, 0.4) is 0 Å². The Hall–Kier alpha value is -2.46. The Morgan fingerprint density at radius 1 is 1.04 bits per heavy atom. The van der Waals surface area contributed by atoms with Crippen molar-refractivity contribution in [3.8, 4) is 0 Å². The summed E-state index contributed by atoms with van der Waals surface area (Å²) in [6.07, 6.45) is 0. The number of hydrogen-bond acceptors (Lipinski definition) is 3. The second-order valence-electron chi connectivity index (χ2n) is 5.68. The van der Waals surface area contributed by atoms with E-state index >= 15 is 0 Å². The third-order valence-corrected chi connectivity index (χ3v) is 4.38. The first-order valence-electron chi connectivity index (χ1n) is 7.74. The molecule has 2 aromatic carbocycles. The van der Waals surface area contributed by atoms with Crippen molar-refractivity contribution in [1.29, 1.82) is 0 Å². The predicted molar refractivity (Wildman–Crippen MR) is 93.9 cm³/mol. The number of carbonyl (C=O) groups excluding carboxylic acids is 2. The number of amides is 2. The average Bonchev–Trinajstić information content (AvgIpc) is 2.81. The van der Waals surface area contributed by atoms with Gasteiger partial charge in [-0.3, -0.25) is 19.5 Å². The molecule has 4 nitrogen and oxygen atoms in total. The van der Waals surface area contributed by atoms with Crippen molar-refractivity contribution in [3.63, 3.8) is 0 Å².